The van der Waals surface area contributed by atoms with E-state index in [-0.39, 0.29) is 24.5 Å². The smallest absolute Gasteiger partial charge is 0.302 e. The van der Waals surface area contributed by atoms with Crippen molar-refractivity contribution in [3.8, 4) is 0 Å². The highest BCUT2D eigenvalue weighted by molar-refractivity contribution is 6.20. The van der Waals surface area contributed by atoms with Gasteiger partial charge in [0.25, 0.3) is 0 Å². The van der Waals surface area contributed by atoms with Crippen LogP contribution in [0.4, 0.5) is 0 Å². The molecule has 0 spiro atoms. The summed E-state index contributed by atoms with van der Waals surface area (Å²) in [6.07, 6.45) is 18.3. The Balaban J connectivity index is 3.78. The van der Waals surface area contributed by atoms with Crippen molar-refractivity contribution in [2.75, 3.05) is 33.3 Å². The van der Waals surface area contributed by atoms with Gasteiger partial charge in [-0.3, -0.25) is 9.59 Å². The normalized spacial score (nSPS) is 13.3. The number of esters is 1. The molecule has 188 valence electrons. The van der Waals surface area contributed by atoms with E-state index in [0.29, 0.717) is 24.8 Å². The summed E-state index contributed by atoms with van der Waals surface area (Å²) in [5.41, 5.74) is 0. The molecule has 7 heteroatoms. The Bertz CT molecular complexity index is 502. The van der Waals surface area contributed by atoms with Crippen molar-refractivity contribution in [1.82, 2.24) is 4.90 Å². The van der Waals surface area contributed by atoms with E-state index in [1.54, 1.807) is 19.1 Å². The van der Waals surface area contributed by atoms with Crippen molar-refractivity contribution in [1.29, 1.82) is 0 Å². The monoisotopic (exact) mass is 493 g/mol. The number of amides is 1. The van der Waals surface area contributed by atoms with E-state index in [1.807, 2.05) is 0 Å². The lowest BCUT2D eigenvalue weighted by molar-refractivity contribution is -0.146. The zero-order chi connectivity index (χ0) is 24.0. The fraction of sp³-hybridized carbons (Fsp3) is 0.840. The maximum atomic E-state index is 12.4. The van der Waals surface area contributed by atoms with Gasteiger partial charge in [0.2, 0.25) is 5.91 Å². The van der Waals surface area contributed by atoms with Crippen molar-refractivity contribution in [2.24, 2.45) is 0 Å². The number of methoxy groups -OCH3 is 1. The molecule has 0 fully saturated rings. The third-order valence-electron chi connectivity index (χ3n) is 5.51. The molecule has 5 nitrogen and oxygen atoms in total. The minimum absolute atomic E-state index is 0.0212. The molecule has 0 N–H and O–H groups in total. The highest BCUT2D eigenvalue weighted by Crippen LogP contribution is 2.17. The molecule has 0 aromatic carbocycles. The second kappa shape index (κ2) is 22.0. The second-order valence-electron chi connectivity index (χ2n) is 8.41. The number of unbranched alkanes of at least 4 members (excludes halogenated alkanes) is 7. The fourth-order valence-corrected chi connectivity index (χ4v) is 3.94. The molecular weight excluding hydrogens is 449 g/mol. The molecule has 1 amide bonds. The Morgan fingerprint density at radius 2 is 1.50 bits per heavy atom. The zero-order valence-corrected chi connectivity index (χ0v) is 22.0. The van der Waals surface area contributed by atoms with Gasteiger partial charge in [-0.1, -0.05) is 50.7 Å². The van der Waals surface area contributed by atoms with Gasteiger partial charge in [-0.05, 0) is 38.5 Å². The summed E-state index contributed by atoms with van der Waals surface area (Å²) < 4.78 is 10.2. The predicted molar refractivity (Wildman–Crippen MR) is 135 cm³/mol. The van der Waals surface area contributed by atoms with Crippen LogP contribution in [0.1, 0.15) is 90.4 Å². The molecule has 0 radical (unpaired) electrons. The van der Waals surface area contributed by atoms with Crippen LogP contribution in [-0.2, 0) is 19.1 Å². The van der Waals surface area contributed by atoms with Crippen molar-refractivity contribution >= 4 is 35.1 Å². The Labute approximate surface area is 206 Å². The Kier molecular flexibility index (Phi) is 21.5. The number of nitrogens with zero attached hydrogens (tertiary/aromatic N) is 1. The Morgan fingerprint density at radius 1 is 0.906 bits per heavy atom. The number of hydrogen-bond donors (Lipinski definition) is 0. The van der Waals surface area contributed by atoms with E-state index >= 15 is 0 Å². The van der Waals surface area contributed by atoms with Crippen molar-refractivity contribution in [3.63, 3.8) is 0 Å². The van der Waals surface area contributed by atoms with Gasteiger partial charge in [-0.15, -0.1) is 23.2 Å². The number of carbonyl (C=O) groups is 2. The van der Waals surface area contributed by atoms with E-state index in [2.05, 4.69) is 12.2 Å². The van der Waals surface area contributed by atoms with Crippen LogP contribution in [0.2, 0.25) is 0 Å². The Hall–Kier alpha value is -0.780. The van der Waals surface area contributed by atoms with Gasteiger partial charge in [-0.25, -0.2) is 0 Å². The summed E-state index contributed by atoms with van der Waals surface area (Å²) >= 11 is 12.1. The summed E-state index contributed by atoms with van der Waals surface area (Å²) in [5.74, 6) is 0.444. The zero-order valence-electron chi connectivity index (χ0n) is 20.5. The Morgan fingerprint density at radius 3 is 2.12 bits per heavy atom. The molecule has 0 aliphatic heterocycles. The van der Waals surface area contributed by atoms with Crippen LogP contribution in [0.15, 0.2) is 12.2 Å². The minimum Gasteiger partial charge on any atom is -0.464 e. The van der Waals surface area contributed by atoms with Crippen LogP contribution in [0.5, 0.6) is 0 Å². The maximum absolute atomic E-state index is 12.4. The molecule has 0 aromatic rings. The van der Waals surface area contributed by atoms with Crippen LogP contribution in [0.3, 0.4) is 0 Å². The lowest BCUT2D eigenvalue weighted by Crippen LogP contribution is -2.43. The minimum atomic E-state index is -0.357. The molecule has 0 aliphatic rings. The van der Waals surface area contributed by atoms with Crippen LogP contribution in [0, 0.1) is 0 Å². The van der Waals surface area contributed by atoms with Gasteiger partial charge < -0.3 is 14.4 Å². The molecule has 0 unspecified atom stereocenters. The van der Waals surface area contributed by atoms with Crippen LogP contribution < -0.4 is 0 Å². The number of carbonyl (C=O) groups excluding carboxylic acids is 2. The van der Waals surface area contributed by atoms with E-state index in [9.17, 15) is 9.59 Å². The van der Waals surface area contributed by atoms with Crippen molar-refractivity contribution in [2.45, 2.75) is 102 Å². The fourth-order valence-electron chi connectivity index (χ4n) is 3.44. The number of ether oxygens (including phenoxy) is 2. The lowest BCUT2D eigenvalue weighted by Gasteiger charge is -2.27. The van der Waals surface area contributed by atoms with Crippen LogP contribution >= 0.6 is 23.2 Å². The molecule has 0 saturated carbocycles. The first-order valence-corrected chi connectivity index (χ1v) is 13.1. The molecule has 2 atom stereocenters. The van der Waals surface area contributed by atoms with E-state index < -0.39 is 0 Å². The molecule has 0 bridgehead atoms. The van der Waals surface area contributed by atoms with E-state index in [1.165, 1.54) is 39.0 Å². The standard InChI is InChI=1S/C25H45Cl2NO4/c1-22(29)32-21-24(20-31-3)28(2)25(30)18-14-10-5-4-8-12-16-23(27)17-13-9-6-7-11-15-19-26/h5,10,23-24H,4,6-9,11-21H2,1-3H3/b10-5+/t23-,24+/m0/s1. The van der Waals surface area contributed by atoms with Gasteiger partial charge in [0.15, 0.2) is 0 Å². The molecule has 32 heavy (non-hydrogen) atoms. The summed E-state index contributed by atoms with van der Waals surface area (Å²) in [6.45, 7) is 1.84. The lowest BCUT2D eigenvalue weighted by atomic mass is 10.0. The third kappa shape index (κ3) is 18.8. The summed E-state index contributed by atoms with van der Waals surface area (Å²) in [6, 6.07) is -0.264. The first kappa shape index (κ1) is 31.2. The molecule has 0 aromatic heterocycles. The average molecular weight is 495 g/mol. The maximum Gasteiger partial charge on any atom is 0.302 e. The number of halogens is 2. The van der Waals surface area contributed by atoms with Crippen molar-refractivity contribution < 1.29 is 19.1 Å². The largest absolute Gasteiger partial charge is 0.464 e. The highest BCUT2D eigenvalue weighted by atomic mass is 35.5. The summed E-state index contributed by atoms with van der Waals surface area (Å²) in [5, 5.41) is 0.294. The number of allylic oxidation sites excluding steroid dienone is 2. The first-order valence-electron chi connectivity index (χ1n) is 12.1. The second-order valence-corrected chi connectivity index (χ2v) is 9.40. The van der Waals surface area contributed by atoms with Crippen molar-refractivity contribution in [3.05, 3.63) is 12.2 Å². The van der Waals surface area contributed by atoms with Gasteiger partial charge in [0, 0.05) is 38.8 Å². The van der Waals surface area contributed by atoms with Gasteiger partial charge in [-0.2, -0.15) is 0 Å². The van der Waals surface area contributed by atoms with E-state index in [4.69, 9.17) is 32.7 Å². The number of alkyl halides is 2. The average Bonchev–Trinajstić information content (AvgIpc) is 2.77. The van der Waals surface area contributed by atoms with Gasteiger partial charge in [0.1, 0.15) is 6.61 Å². The van der Waals surface area contributed by atoms with Crippen LogP contribution in [-0.4, -0.2) is 61.4 Å². The van der Waals surface area contributed by atoms with E-state index in [0.717, 1.165) is 44.4 Å². The van der Waals surface area contributed by atoms with Gasteiger partial charge in [0.05, 0.1) is 12.6 Å². The summed E-state index contributed by atoms with van der Waals surface area (Å²) in [7, 11) is 3.30. The molecule has 0 rings (SSSR count). The SMILES string of the molecule is COC[C@H](COC(C)=O)N(C)C(=O)CC/C=C/CCCC[C@H](Cl)CCCCCCCCCl. The van der Waals surface area contributed by atoms with Gasteiger partial charge >= 0.3 is 5.97 Å². The molecule has 0 saturated heterocycles. The highest BCUT2D eigenvalue weighted by Gasteiger charge is 2.20. The first-order chi connectivity index (χ1) is 15.4. The topological polar surface area (TPSA) is 55.8 Å². The summed E-state index contributed by atoms with van der Waals surface area (Å²) in [4.78, 5) is 25.0. The third-order valence-corrected chi connectivity index (χ3v) is 6.21. The van der Waals surface area contributed by atoms with Crippen LogP contribution in [0.25, 0.3) is 0 Å². The predicted octanol–water partition coefficient (Wildman–Crippen LogP) is 6.50. The number of likely N-dealkylation sites (N-methyl/N-ethyl adjacent to an activating group) is 1. The number of rotatable bonds is 21. The molecular formula is C25H45Cl2NO4. The quantitative estimate of drug-likeness (QED) is 0.0792. The molecule has 0 aliphatic carbocycles. The number of hydrogen-bond acceptors (Lipinski definition) is 4. The molecule has 0 heterocycles.